The molecule has 6 heteroatoms. The van der Waals surface area contributed by atoms with E-state index in [9.17, 15) is 4.57 Å². The van der Waals surface area contributed by atoms with Gasteiger partial charge in [0.15, 0.2) is 0 Å². The van der Waals surface area contributed by atoms with Crippen molar-refractivity contribution in [2.45, 2.75) is 46.0 Å². The standard InChI is InChI=1S/C23H35O5P/c1-3-5-6-7-10-16-27-29(24,20-19-26-18-17-25-4-2)28-23-15-11-13-21-12-8-9-14-22(21)23/h8-9,11-15H,3-7,10,16-20H2,1-2H3. The molecule has 0 aliphatic carbocycles. The van der Waals surface area contributed by atoms with E-state index in [-0.39, 0.29) is 6.16 Å². The average Bonchev–Trinajstić information content (AvgIpc) is 2.73. The molecule has 0 amide bonds. The Labute approximate surface area is 175 Å². The van der Waals surface area contributed by atoms with Gasteiger partial charge in [-0.25, -0.2) is 4.57 Å². The van der Waals surface area contributed by atoms with Crippen LogP contribution in [-0.4, -0.2) is 39.2 Å². The Balaban J connectivity index is 1.97. The monoisotopic (exact) mass is 422 g/mol. The maximum atomic E-state index is 13.4. The van der Waals surface area contributed by atoms with Crippen LogP contribution in [0.15, 0.2) is 42.5 Å². The first kappa shape index (κ1) is 23.9. The first-order chi connectivity index (χ1) is 14.2. The zero-order valence-electron chi connectivity index (χ0n) is 17.8. The van der Waals surface area contributed by atoms with E-state index in [1.165, 1.54) is 19.3 Å². The second kappa shape index (κ2) is 13.8. The molecular formula is C23H35O5P. The quantitative estimate of drug-likeness (QED) is 0.230. The van der Waals surface area contributed by atoms with E-state index < -0.39 is 7.60 Å². The molecule has 0 heterocycles. The highest BCUT2D eigenvalue weighted by Gasteiger charge is 2.27. The third kappa shape index (κ3) is 8.88. The van der Waals surface area contributed by atoms with Crippen LogP contribution in [0.3, 0.4) is 0 Å². The molecule has 2 rings (SSSR count). The maximum absolute atomic E-state index is 13.4. The van der Waals surface area contributed by atoms with Crippen LogP contribution in [0, 0.1) is 0 Å². The van der Waals surface area contributed by atoms with E-state index in [0.717, 1.165) is 23.6 Å². The lowest BCUT2D eigenvalue weighted by atomic mass is 10.1. The number of fused-ring (bicyclic) bond motifs is 1. The van der Waals surface area contributed by atoms with E-state index in [4.69, 9.17) is 18.5 Å². The lowest BCUT2D eigenvalue weighted by Crippen LogP contribution is -2.11. The lowest BCUT2D eigenvalue weighted by Gasteiger charge is -2.20. The van der Waals surface area contributed by atoms with Gasteiger partial charge in [-0.1, -0.05) is 69.0 Å². The molecule has 1 unspecified atom stereocenters. The Hall–Kier alpha value is -1.39. The van der Waals surface area contributed by atoms with Crippen molar-refractivity contribution >= 4 is 18.4 Å². The lowest BCUT2D eigenvalue weighted by molar-refractivity contribution is 0.0576. The summed E-state index contributed by atoms with van der Waals surface area (Å²) in [5.74, 6) is 0.590. The van der Waals surface area contributed by atoms with Crippen molar-refractivity contribution in [3.8, 4) is 5.75 Å². The van der Waals surface area contributed by atoms with Gasteiger partial charge in [0.1, 0.15) is 5.75 Å². The van der Waals surface area contributed by atoms with Gasteiger partial charge in [-0.2, -0.15) is 0 Å². The molecular weight excluding hydrogens is 387 g/mol. The number of benzene rings is 2. The van der Waals surface area contributed by atoms with Gasteiger partial charge in [-0.15, -0.1) is 0 Å². The van der Waals surface area contributed by atoms with Gasteiger partial charge in [0.25, 0.3) is 0 Å². The van der Waals surface area contributed by atoms with Crippen LogP contribution >= 0.6 is 7.60 Å². The summed E-state index contributed by atoms with van der Waals surface area (Å²) in [6.07, 6.45) is 5.77. The minimum absolute atomic E-state index is 0.220. The van der Waals surface area contributed by atoms with Crippen molar-refractivity contribution < 1.29 is 23.1 Å². The Morgan fingerprint density at radius 1 is 0.793 bits per heavy atom. The van der Waals surface area contributed by atoms with Crippen LogP contribution in [0.25, 0.3) is 10.8 Å². The molecule has 162 valence electrons. The van der Waals surface area contributed by atoms with Crippen molar-refractivity contribution in [1.29, 1.82) is 0 Å². The summed E-state index contributed by atoms with van der Waals surface area (Å²) in [7, 11) is -3.32. The number of hydrogen-bond donors (Lipinski definition) is 0. The minimum Gasteiger partial charge on any atom is -0.424 e. The fraction of sp³-hybridized carbons (Fsp3) is 0.565. The Morgan fingerprint density at radius 3 is 2.38 bits per heavy atom. The van der Waals surface area contributed by atoms with E-state index in [1.54, 1.807) is 0 Å². The molecule has 0 spiro atoms. The van der Waals surface area contributed by atoms with Gasteiger partial charge in [0.2, 0.25) is 0 Å². The fourth-order valence-electron chi connectivity index (χ4n) is 3.01. The first-order valence-electron chi connectivity index (χ1n) is 10.7. The molecule has 2 aromatic rings. The van der Waals surface area contributed by atoms with Crippen molar-refractivity contribution in [1.82, 2.24) is 0 Å². The zero-order valence-corrected chi connectivity index (χ0v) is 18.7. The molecule has 5 nitrogen and oxygen atoms in total. The van der Waals surface area contributed by atoms with Gasteiger partial charge in [-0.05, 0) is 24.8 Å². The highest BCUT2D eigenvalue weighted by atomic mass is 31.2. The Morgan fingerprint density at radius 2 is 1.55 bits per heavy atom. The summed E-state index contributed by atoms with van der Waals surface area (Å²) in [5, 5.41) is 1.98. The first-order valence-corrected chi connectivity index (χ1v) is 12.5. The highest BCUT2D eigenvalue weighted by Crippen LogP contribution is 2.49. The topological polar surface area (TPSA) is 54.0 Å². The van der Waals surface area contributed by atoms with Crippen LogP contribution in [0.1, 0.15) is 46.0 Å². The van der Waals surface area contributed by atoms with E-state index in [2.05, 4.69) is 6.92 Å². The molecule has 0 aliphatic heterocycles. The summed E-state index contributed by atoms with van der Waals surface area (Å²) in [4.78, 5) is 0. The summed E-state index contributed by atoms with van der Waals surface area (Å²) in [6, 6.07) is 13.7. The molecule has 0 fully saturated rings. The minimum atomic E-state index is -3.32. The smallest absolute Gasteiger partial charge is 0.381 e. The summed E-state index contributed by atoms with van der Waals surface area (Å²) in [6.45, 7) is 6.54. The van der Waals surface area contributed by atoms with Crippen LogP contribution in [0.2, 0.25) is 0 Å². The normalized spacial score (nSPS) is 13.4. The molecule has 0 aliphatic rings. The van der Waals surface area contributed by atoms with Crippen LogP contribution in [-0.2, 0) is 18.6 Å². The SMILES string of the molecule is CCCCCCCOP(=O)(CCOCCOCC)Oc1cccc2ccccc12. The van der Waals surface area contributed by atoms with Crippen molar-refractivity contribution in [3.63, 3.8) is 0 Å². The number of ether oxygens (including phenoxy) is 2. The van der Waals surface area contributed by atoms with Crippen molar-refractivity contribution in [2.24, 2.45) is 0 Å². The third-order valence-electron chi connectivity index (χ3n) is 4.61. The highest BCUT2D eigenvalue weighted by molar-refractivity contribution is 7.54. The molecule has 0 aromatic heterocycles. The predicted octanol–water partition coefficient (Wildman–Crippen LogP) is 6.45. The van der Waals surface area contributed by atoms with Crippen molar-refractivity contribution in [2.75, 3.05) is 39.2 Å². The summed E-state index contributed by atoms with van der Waals surface area (Å²) < 4.78 is 36.1. The van der Waals surface area contributed by atoms with E-state index in [1.807, 2.05) is 49.4 Å². The largest absolute Gasteiger partial charge is 0.424 e. The molecule has 2 aromatic carbocycles. The van der Waals surface area contributed by atoms with Crippen LogP contribution < -0.4 is 4.52 Å². The average molecular weight is 423 g/mol. The van der Waals surface area contributed by atoms with Crippen LogP contribution in [0.4, 0.5) is 0 Å². The second-order valence-corrected chi connectivity index (χ2v) is 9.07. The molecule has 0 saturated carbocycles. The van der Waals surface area contributed by atoms with Gasteiger partial charge >= 0.3 is 7.60 Å². The number of unbranched alkanes of at least 4 members (excludes halogenated alkanes) is 4. The molecule has 29 heavy (non-hydrogen) atoms. The molecule has 0 saturated heterocycles. The van der Waals surface area contributed by atoms with Gasteiger partial charge in [0, 0.05) is 12.0 Å². The fourth-order valence-corrected chi connectivity index (χ4v) is 4.50. The molecule has 0 bridgehead atoms. The molecule has 0 radical (unpaired) electrons. The maximum Gasteiger partial charge on any atom is 0.381 e. The van der Waals surface area contributed by atoms with E-state index >= 15 is 0 Å². The zero-order chi connectivity index (χ0) is 20.8. The van der Waals surface area contributed by atoms with Gasteiger partial charge < -0.3 is 14.0 Å². The van der Waals surface area contributed by atoms with E-state index in [0.29, 0.717) is 38.8 Å². The Bertz CT molecular complexity index is 724. The van der Waals surface area contributed by atoms with Gasteiger partial charge in [-0.3, -0.25) is 4.52 Å². The van der Waals surface area contributed by atoms with Gasteiger partial charge in [0.05, 0.1) is 32.6 Å². The van der Waals surface area contributed by atoms with Crippen LogP contribution in [0.5, 0.6) is 5.75 Å². The summed E-state index contributed by atoms with van der Waals surface area (Å²) >= 11 is 0. The third-order valence-corrected chi connectivity index (χ3v) is 6.39. The Kier molecular flexibility index (Phi) is 11.3. The number of hydrogen-bond acceptors (Lipinski definition) is 5. The summed E-state index contributed by atoms with van der Waals surface area (Å²) in [5.41, 5.74) is 0. The number of rotatable bonds is 16. The van der Waals surface area contributed by atoms with Crippen molar-refractivity contribution in [3.05, 3.63) is 42.5 Å². The second-order valence-electron chi connectivity index (χ2n) is 6.96. The predicted molar refractivity (Wildman–Crippen MR) is 119 cm³/mol. The molecule has 0 N–H and O–H groups in total. The molecule has 1 atom stereocenters.